The van der Waals surface area contributed by atoms with Crippen LogP contribution in [0.1, 0.15) is 5.69 Å². The standard InChI is InChI=1S/C14H13Cl2NO2/c15-12-6-7-14(16)17-13(12)10-18-8-9-19-11-4-2-1-3-5-11/h1-7H,8-10H2. The Balaban J connectivity index is 1.71. The molecule has 0 spiro atoms. The van der Waals surface area contributed by atoms with Gasteiger partial charge in [-0.05, 0) is 24.3 Å². The predicted octanol–water partition coefficient (Wildman–Crippen LogP) is 3.98. The lowest BCUT2D eigenvalue weighted by Gasteiger charge is -2.07. The van der Waals surface area contributed by atoms with Gasteiger partial charge in [-0.15, -0.1) is 0 Å². The first-order valence-electron chi connectivity index (χ1n) is 5.82. The van der Waals surface area contributed by atoms with Gasteiger partial charge in [-0.1, -0.05) is 41.4 Å². The van der Waals surface area contributed by atoms with E-state index in [1.165, 1.54) is 0 Å². The first-order valence-corrected chi connectivity index (χ1v) is 6.58. The molecule has 0 fully saturated rings. The number of ether oxygens (including phenoxy) is 2. The number of rotatable bonds is 6. The second-order valence-electron chi connectivity index (χ2n) is 3.78. The molecule has 19 heavy (non-hydrogen) atoms. The second-order valence-corrected chi connectivity index (χ2v) is 4.57. The first kappa shape index (κ1) is 14.1. The van der Waals surface area contributed by atoms with E-state index in [1.54, 1.807) is 12.1 Å². The molecule has 2 aromatic rings. The Hall–Kier alpha value is -1.29. The summed E-state index contributed by atoms with van der Waals surface area (Å²) in [4.78, 5) is 4.10. The van der Waals surface area contributed by atoms with Gasteiger partial charge < -0.3 is 9.47 Å². The molecule has 0 unspecified atom stereocenters. The van der Waals surface area contributed by atoms with Crippen molar-refractivity contribution < 1.29 is 9.47 Å². The van der Waals surface area contributed by atoms with Crippen LogP contribution in [0.4, 0.5) is 0 Å². The fraction of sp³-hybridized carbons (Fsp3) is 0.214. The third-order valence-electron chi connectivity index (χ3n) is 2.36. The van der Waals surface area contributed by atoms with Gasteiger partial charge in [0.1, 0.15) is 17.5 Å². The third-order valence-corrected chi connectivity index (χ3v) is 2.92. The molecular formula is C14H13Cl2NO2. The molecule has 0 saturated carbocycles. The molecule has 100 valence electrons. The fourth-order valence-corrected chi connectivity index (χ4v) is 1.79. The van der Waals surface area contributed by atoms with E-state index < -0.39 is 0 Å². The maximum absolute atomic E-state index is 5.97. The Morgan fingerprint density at radius 2 is 1.74 bits per heavy atom. The minimum atomic E-state index is 0.317. The highest BCUT2D eigenvalue weighted by molar-refractivity contribution is 6.32. The number of hydrogen-bond donors (Lipinski definition) is 0. The molecule has 0 aliphatic carbocycles. The van der Waals surface area contributed by atoms with Gasteiger partial charge in [0.15, 0.2) is 0 Å². The molecular weight excluding hydrogens is 285 g/mol. The predicted molar refractivity (Wildman–Crippen MR) is 75.9 cm³/mol. The van der Waals surface area contributed by atoms with Crippen LogP contribution in [-0.2, 0) is 11.3 Å². The Labute approximate surface area is 122 Å². The zero-order valence-electron chi connectivity index (χ0n) is 10.2. The van der Waals surface area contributed by atoms with Crippen molar-refractivity contribution in [2.75, 3.05) is 13.2 Å². The molecule has 0 aliphatic heterocycles. The van der Waals surface area contributed by atoms with Crippen LogP contribution in [0.5, 0.6) is 5.75 Å². The number of aromatic nitrogens is 1. The van der Waals surface area contributed by atoms with Crippen molar-refractivity contribution in [2.45, 2.75) is 6.61 Å². The molecule has 0 bridgehead atoms. The smallest absolute Gasteiger partial charge is 0.129 e. The number of pyridine rings is 1. The van der Waals surface area contributed by atoms with E-state index in [-0.39, 0.29) is 0 Å². The van der Waals surface area contributed by atoms with Gasteiger partial charge in [0, 0.05) is 0 Å². The van der Waals surface area contributed by atoms with Gasteiger partial charge in [0.25, 0.3) is 0 Å². The van der Waals surface area contributed by atoms with Crippen molar-refractivity contribution in [1.29, 1.82) is 0 Å². The van der Waals surface area contributed by atoms with E-state index in [4.69, 9.17) is 32.7 Å². The summed E-state index contributed by atoms with van der Waals surface area (Å²) < 4.78 is 10.9. The Kier molecular flexibility index (Phi) is 5.45. The molecule has 2 rings (SSSR count). The highest BCUT2D eigenvalue weighted by Crippen LogP contribution is 2.17. The molecule has 5 heteroatoms. The van der Waals surface area contributed by atoms with Crippen molar-refractivity contribution in [3.63, 3.8) is 0 Å². The molecule has 0 radical (unpaired) electrons. The lowest BCUT2D eigenvalue weighted by molar-refractivity contribution is 0.0870. The summed E-state index contributed by atoms with van der Waals surface area (Å²) in [6, 6.07) is 12.9. The highest BCUT2D eigenvalue weighted by atomic mass is 35.5. The van der Waals surface area contributed by atoms with Crippen molar-refractivity contribution in [3.05, 3.63) is 58.3 Å². The van der Waals surface area contributed by atoms with Crippen LogP contribution in [0, 0.1) is 0 Å². The zero-order chi connectivity index (χ0) is 13.5. The maximum atomic E-state index is 5.97. The van der Waals surface area contributed by atoms with Crippen molar-refractivity contribution >= 4 is 23.2 Å². The maximum Gasteiger partial charge on any atom is 0.129 e. The van der Waals surface area contributed by atoms with Crippen LogP contribution in [0.2, 0.25) is 10.2 Å². The highest BCUT2D eigenvalue weighted by Gasteiger charge is 2.03. The van der Waals surface area contributed by atoms with E-state index in [9.17, 15) is 0 Å². The number of benzene rings is 1. The van der Waals surface area contributed by atoms with Crippen LogP contribution < -0.4 is 4.74 Å². The Bertz CT molecular complexity index is 520. The number of para-hydroxylation sites is 1. The zero-order valence-corrected chi connectivity index (χ0v) is 11.7. The molecule has 1 aromatic carbocycles. The van der Waals surface area contributed by atoms with Crippen LogP contribution in [-0.4, -0.2) is 18.2 Å². The third kappa shape index (κ3) is 4.71. The molecule has 1 heterocycles. The summed E-state index contributed by atoms with van der Waals surface area (Å²) in [6.07, 6.45) is 0. The molecule has 3 nitrogen and oxygen atoms in total. The summed E-state index contributed by atoms with van der Waals surface area (Å²) in [5, 5.41) is 0.955. The normalized spacial score (nSPS) is 10.4. The topological polar surface area (TPSA) is 31.4 Å². The SMILES string of the molecule is Clc1ccc(Cl)c(COCCOc2ccccc2)n1. The summed E-state index contributed by atoms with van der Waals surface area (Å²) in [7, 11) is 0. The van der Waals surface area contributed by atoms with Gasteiger partial charge >= 0.3 is 0 Å². The van der Waals surface area contributed by atoms with Crippen LogP contribution in [0.25, 0.3) is 0 Å². The van der Waals surface area contributed by atoms with Crippen molar-refractivity contribution in [2.24, 2.45) is 0 Å². The average molecular weight is 298 g/mol. The first-order chi connectivity index (χ1) is 9.25. The van der Waals surface area contributed by atoms with E-state index in [0.717, 1.165) is 5.75 Å². The molecule has 0 amide bonds. The molecule has 0 N–H and O–H groups in total. The van der Waals surface area contributed by atoms with E-state index in [2.05, 4.69) is 4.98 Å². The van der Waals surface area contributed by atoms with Crippen molar-refractivity contribution in [3.8, 4) is 5.75 Å². The van der Waals surface area contributed by atoms with Crippen LogP contribution in [0.3, 0.4) is 0 Å². The van der Waals surface area contributed by atoms with Crippen LogP contribution in [0.15, 0.2) is 42.5 Å². The lowest BCUT2D eigenvalue weighted by Crippen LogP contribution is -2.07. The molecule has 0 atom stereocenters. The van der Waals surface area contributed by atoms with Gasteiger partial charge in [0.05, 0.1) is 23.9 Å². The van der Waals surface area contributed by atoms with E-state index in [0.29, 0.717) is 35.7 Å². The molecule has 0 saturated heterocycles. The second kappa shape index (κ2) is 7.34. The lowest BCUT2D eigenvalue weighted by atomic mass is 10.3. The number of halogens is 2. The number of hydrogen-bond acceptors (Lipinski definition) is 3. The molecule has 1 aromatic heterocycles. The Morgan fingerprint density at radius 1 is 0.947 bits per heavy atom. The quantitative estimate of drug-likeness (QED) is 0.597. The van der Waals surface area contributed by atoms with E-state index >= 15 is 0 Å². The Morgan fingerprint density at radius 3 is 2.53 bits per heavy atom. The summed E-state index contributed by atoms with van der Waals surface area (Å²) >= 11 is 11.8. The summed E-state index contributed by atoms with van der Waals surface area (Å²) in [6.45, 7) is 1.25. The van der Waals surface area contributed by atoms with Crippen molar-refractivity contribution in [1.82, 2.24) is 4.98 Å². The number of nitrogens with zero attached hydrogens (tertiary/aromatic N) is 1. The fourth-order valence-electron chi connectivity index (χ4n) is 1.46. The average Bonchev–Trinajstić information content (AvgIpc) is 2.43. The largest absolute Gasteiger partial charge is 0.491 e. The monoisotopic (exact) mass is 297 g/mol. The van der Waals surface area contributed by atoms with Gasteiger partial charge in [-0.2, -0.15) is 0 Å². The molecule has 0 aliphatic rings. The summed E-state index contributed by atoms with van der Waals surface area (Å²) in [5.41, 5.74) is 0.633. The van der Waals surface area contributed by atoms with E-state index in [1.807, 2.05) is 30.3 Å². The van der Waals surface area contributed by atoms with Crippen LogP contribution >= 0.6 is 23.2 Å². The summed E-state index contributed by atoms with van der Waals surface area (Å²) in [5.74, 6) is 0.824. The minimum absolute atomic E-state index is 0.317. The van der Waals surface area contributed by atoms with Gasteiger partial charge in [-0.3, -0.25) is 0 Å². The van der Waals surface area contributed by atoms with Gasteiger partial charge in [0.2, 0.25) is 0 Å². The van der Waals surface area contributed by atoms with Gasteiger partial charge in [-0.25, -0.2) is 4.98 Å². The minimum Gasteiger partial charge on any atom is -0.491 e.